The third kappa shape index (κ3) is 15.0. The Morgan fingerprint density at radius 1 is 0.569 bits per heavy atom. The van der Waals surface area contributed by atoms with Crippen LogP contribution in [0.2, 0.25) is 0 Å². The highest BCUT2D eigenvalue weighted by Crippen LogP contribution is 2.14. The van der Waals surface area contributed by atoms with Crippen molar-refractivity contribution in [2.45, 2.75) is 20.4 Å². The van der Waals surface area contributed by atoms with Crippen molar-refractivity contribution in [3.8, 4) is 0 Å². The second kappa shape index (κ2) is 25.1. The third-order valence-electron chi connectivity index (χ3n) is 10.9. The molecule has 336 valence electrons. The van der Waals surface area contributed by atoms with Crippen molar-refractivity contribution < 1.29 is 9.59 Å². The highest BCUT2D eigenvalue weighted by atomic mass is 79.9. The first-order valence-corrected chi connectivity index (χ1v) is 23.0. The quantitative estimate of drug-likeness (QED) is 0.0914. The van der Waals surface area contributed by atoms with Gasteiger partial charge in [0.2, 0.25) is 0 Å². The molecule has 12 nitrogen and oxygen atoms in total. The number of ketones is 2. The van der Waals surface area contributed by atoms with Crippen LogP contribution in [0.25, 0.3) is 12.2 Å². The number of aromatic amines is 1. The summed E-state index contributed by atoms with van der Waals surface area (Å²) < 4.78 is 1.46. The second-order valence-electron chi connectivity index (χ2n) is 16.0. The van der Waals surface area contributed by atoms with Gasteiger partial charge in [-0.25, -0.2) is 9.97 Å². The minimum absolute atomic E-state index is 0.0157. The number of carbonyl (C=O) groups is 2. The summed E-state index contributed by atoms with van der Waals surface area (Å²) in [6.45, 7) is 12.9. The topological polar surface area (TPSA) is 128 Å². The fourth-order valence-electron chi connectivity index (χ4n) is 7.62. The van der Waals surface area contributed by atoms with Gasteiger partial charge >= 0.3 is 0 Å². The summed E-state index contributed by atoms with van der Waals surface area (Å²) in [5.41, 5.74) is 6.15. The number of aromatic nitrogens is 4. The molecule has 2 aliphatic heterocycles. The largest absolute Gasteiger partial charge is 0.349 e. The average molecular weight is 938 g/mol. The molecule has 8 rings (SSSR count). The van der Waals surface area contributed by atoms with E-state index in [1.165, 1.54) is 26.8 Å². The molecule has 4 heterocycles. The molecule has 0 radical (unpaired) electrons. The number of alkyl halides is 1. The molecule has 2 saturated heterocycles. The van der Waals surface area contributed by atoms with Gasteiger partial charge in [0.1, 0.15) is 0 Å². The molecule has 65 heavy (non-hydrogen) atoms. The number of Topliss-reactive ketones (excluding diaryl/α,β-unsaturated/α-hetero) is 2. The number of hydrogen-bond acceptors (Lipinski definition) is 10. The van der Waals surface area contributed by atoms with Crippen LogP contribution in [-0.2, 0) is 6.54 Å². The van der Waals surface area contributed by atoms with Crippen LogP contribution in [-0.4, -0.2) is 112 Å². The molecule has 4 aromatic carbocycles. The summed E-state index contributed by atoms with van der Waals surface area (Å²) in [7, 11) is 0. The highest BCUT2D eigenvalue weighted by molar-refractivity contribution is 9.09. The Bertz CT molecular complexity index is 2590. The van der Waals surface area contributed by atoms with Gasteiger partial charge in [0.25, 0.3) is 11.1 Å². The van der Waals surface area contributed by atoms with E-state index in [1.807, 2.05) is 77.7 Å². The van der Waals surface area contributed by atoms with Crippen LogP contribution in [0.15, 0.2) is 167 Å². The van der Waals surface area contributed by atoms with Gasteiger partial charge in [-0.15, -0.1) is 0 Å². The van der Waals surface area contributed by atoms with Crippen molar-refractivity contribution in [1.82, 2.24) is 29.3 Å². The van der Waals surface area contributed by atoms with E-state index in [-0.39, 0.29) is 29.2 Å². The van der Waals surface area contributed by atoms with E-state index in [4.69, 9.17) is 0 Å². The Morgan fingerprint density at radius 2 is 1.00 bits per heavy atom. The van der Waals surface area contributed by atoms with Gasteiger partial charge in [0.15, 0.2) is 23.2 Å². The van der Waals surface area contributed by atoms with Crippen molar-refractivity contribution in [2.75, 3.05) is 80.6 Å². The molecule has 0 atom stereocenters. The van der Waals surface area contributed by atoms with Crippen molar-refractivity contribution in [1.29, 1.82) is 0 Å². The zero-order valence-corrected chi connectivity index (χ0v) is 38.7. The number of piperazine rings is 2. The van der Waals surface area contributed by atoms with Crippen LogP contribution in [0, 0.1) is 0 Å². The van der Waals surface area contributed by atoms with E-state index in [0.29, 0.717) is 22.5 Å². The highest BCUT2D eigenvalue weighted by Gasteiger charge is 2.22. The third-order valence-corrected chi connectivity index (χ3v) is 11.4. The van der Waals surface area contributed by atoms with Crippen LogP contribution in [0.5, 0.6) is 0 Å². The van der Waals surface area contributed by atoms with Crippen LogP contribution >= 0.6 is 15.9 Å². The minimum atomic E-state index is -0.217. The standard InChI is InChI=1S/C26H28N4O2.C18H22N4O.C8H7BrO/c1-21(18-22-8-4-2-5-9-22)19-28-14-16-29(17-15-28)25-26(32)30(13-12-27-25)20-24(31)23-10-6-3-7-11-23;1-15(13-16-5-3-2-4-6-16)14-21-9-11-22(12-10-21)17-18(23)20-8-7-19-17;9-6-8(10)7-4-2-1-3-5-7/h2-13,18H,14-17,19-20H2,1H3;2-8,13H,9-12,14H2,1H3,(H,20,23);1-5H,6H2/b21-18+;15-13+;. The van der Waals surface area contributed by atoms with Gasteiger partial charge in [-0.2, -0.15) is 0 Å². The monoisotopic (exact) mass is 936 g/mol. The van der Waals surface area contributed by atoms with E-state index < -0.39 is 0 Å². The minimum Gasteiger partial charge on any atom is -0.349 e. The van der Waals surface area contributed by atoms with Crippen LogP contribution in [0.4, 0.5) is 11.6 Å². The summed E-state index contributed by atoms with van der Waals surface area (Å²) in [4.78, 5) is 68.4. The number of anilines is 2. The molecule has 0 bridgehead atoms. The van der Waals surface area contributed by atoms with Crippen molar-refractivity contribution in [3.05, 3.63) is 200 Å². The van der Waals surface area contributed by atoms with E-state index >= 15 is 0 Å². The van der Waals surface area contributed by atoms with E-state index in [9.17, 15) is 19.2 Å². The van der Waals surface area contributed by atoms with Crippen molar-refractivity contribution >= 4 is 51.3 Å². The molecule has 0 aliphatic carbocycles. The predicted octanol–water partition coefficient (Wildman–Crippen LogP) is 7.61. The summed E-state index contributed by atoms with van der Waals surface area (Å²) in [6.07, 6.45) is 10.8. The number of benzene rings is 4. The zero-order chi connectivity index (χ0) is 45.8. The summed E-state index contributed by atoms with van der Waals surface area (Å²) >= 11 is 3.10. The number of nitrogens with one attached hydrogen (secondary N) is 1. The smallest absolute Gasteiger partial charge is 0.293 e. The molecule has 0 unspecified atom stereocenters. The first-order chi connectivity index (χ1) is 31.7. The van der Waals surface area contributed by atoms with Gasteiger partial charge in [-0.05, 0) is 25.0 Å². The van der Waals surface area contributed by atoms with E-state index in [1.54, 1.807) is 36.9 Å². The maximum absolute atomic E-state index is 13.0. The number of H-pyrrole nitrogens is 1. The van der Waals surface area contributed by atoms with E-state index in [2.05, 4.69) is 108 Å². The van der Waals surface area contributed by atoms with Crippen LogP contribution < -0.4 is 20.9 Å². The first-order valence-electron chi connectivity index (χ1n) is 21.9. The normalized spacial score (nSPS) is 14.7. The SMILES string of the molecule is C/C(=C\c1ccccc1)CN1CCN(c2ncc[nH]c2=O)CC1.C/C(=C\c1ccccc1)CN1CCN(c2nccn(CC(=O)c3ccccc3)c2=O)CC1.O=C(CBr)c1ccccc1. The number of halogens is 1. The second-order valence-corrected chi connectivity index (χ2v) is 16.5. The van der Waals surface area contributed by atoms with Crippen LogP contribution in [0.1, 0.15) is 45.7 Å². The van der Waals surface area contributed by atoms with Crippen LogP contribution in [0.3, 0.4) is 0 Å². The maximum atomic E-state index is 13.0. The lowest BCUT2D eigenvalue weighted by atomic mass is 10.1. The van der Waals surface area contributed by atoms with Crippen molar-refractivity contribution in [3.63, 3.8) is 0 Å². The van der Waals surface area contributed by atoms with Gasteiger partial charge < -0.3 is 19.4 Å². The summed E-state index contributed by atoms with van der Waals surface area (Å²) in [5, 5.41) is 0.400. The Morgan fingerprint density at radius 3 is 1.46 bits per heavy atom. The Kier molecular flexibility index (Phi) is 18.5. The molecule has 0 amide bonds. The molecule has 2 fully saturated rings. The summed E-state index contributed by atoms with van der Waals surface area (Å²) in [6, 6.07) is 39.0. The fourth-order valence-corrected chi connectivity index (χ4v) is 7.94. The summed E-state index contributed by atoms with van der Waals surface area (Å²) in [5.74, 6) is 0.990. The molecule has 2 aromatic heterocycles. The lowest BCUT2D eigenvalue weighted by Gasteiger charge is -2.35. The number of nitrogens with zero attached hydrogens (tertiary/aromatic N) is 7. The number of carbonyl (C=O) groups excluding carboxylic acids is 2. The van der Waals surface area contributed by atoms with Crippen molar-refractivity contribution in [2.24, 2.45) is 0 Å². The predicted molar refractivity (Wildman–Crippen MR) is 266 cm³/mol. The van der Waals surface area contributed by atoms with Gasteiger partial charge in [-0.1, -0.05) is 161 Å². The van der Waals surface area contributed by atoms with Gasteiger partial charge in [-0.3, -0.25) is 29.0 Å². The van der Waals surface area contributed by atoms with Gasteiger partial charge in [0.05, 0.1) is 11.9 Å². The lowest BCUT2D eigenvalue weighted by Crippen LogP contribution is -2.49. The Labute approximate surface area is 389 Å². The Hall–Kier alpha value is -6.54. The lowest BCUT2D eigenvalue weighted by molar-refractivity contribution is 0.0969. The zero-order valence-electron chi connectivity index (χ0n) is 37.1. The number of rotatable bonds is 13. The molecule has 0 spiro atoms. The Balaban J connectivity index is 0.000000184. The average Bonchev–Trinajstić information content (AvgIpc) is 3.34. The molecule has 0 saturated carbocycles. The molecule has 1 N–H and O–H groups in total. The van der Waals surface area contributed by atoms with Gasteiger partial charge in [0, 0.05) is 101 Å². The number of hydrogen-bond donors (Lipinski definition) is 1. The molecule has 6 aromatic rings. The molecule has 2 aliphatic rings. The molecular formula is C52H57BrN8O4. The first kappa shape index (κ1) is 47.9. The van der Waals surface area contributed by atoms with E-state index in [0.717, 1.165) is 71.0 Å². The fraction of sp³-hybridized carbons (Fsp3) is 0.269. The molecule has 13 heteroatoms. The molecular weight excluding hydrogens is 881 g/mol. The maximum Gasteiger partial charge on any atom is 0.293 e.